The number of hydrogen-bond acceptors (Lipinski definition) is 3. The van der Waals surface area contributed by atoms with Crippen molar-refractivity contribution in [3.63, 3.8) is 0 Å². The van der Waals surface area contributed by atoms with Gasteiger partial charge in [0.1, 0.15) is 0 Å². The van der Waals surface area contributed by atoms with Gasteiger partial charge in [0.2, 0.25) is 5.91 Å². The summed E-state index contributed by atoms with van der Waals surface area (Å²) in [6, 6.07) is 10.9. The molecule has 8 heteroatoms. The minimum Gasteiger partial charge on any atom is -0.376 e. The van der Waals surface area contributed by atoms with E-state index in [1.165, 1.54) is 24.3 Å². The van der Waals surface area contributed by atoms with E-state index >= 15 is 0 Å². The van der Waals surface area contributed by atoms with Crippen molar-refractivity contribution in [1.82, 2.24) is 0 Å². The van der Waals surface area contributed by atoms with Gasteiger partial charge in [-0.1, -0.05) is 24.3 Å². The van der Waals surface area contributed by atoms with E-state index < -0.39 is 23.6 Å². The molecule has 5 nitrogen and oxygen atoms in total. The molecule has 126 valence electrons. The number of primary amides is 1. The Balaban J connectivity index is 2.07. The van der Waals surface area contributed by atoms with Crippen molar-refractivity contribution in [3.8, 4) is 0 Å². The molecule has 0 radical (unpaired) electrons. The molecule has 0 aliphatic heterocycles. The van der Waals surface area contributed by atoms with Crippen LogP contribution in [-0.4, -0.2) is 18.4 Å². The highest BCUT2D eigenvalue weighted by atomic mass is 19.4. The maximum atomic E-state index is 12.9. The number of halogens is 3. The summed E-state index contributed by atoms with van der Waals surface area (Å²) in [7, 11) is 0. The first-order valence-electron chi connectivity index (χ1n) is 6.88. The number of hydrogen-bond donors (Lipinski definition) is 3. The molecule has 2 rings (SSSR count). The van der Waals surface area contributed by atoms with Gasteiger partial charge in [-0.15, -0.1) is 0 Å². The quantitative estimate of drug-likeness (QED) is 0.784. The first-order valence-corrected chi connectivity index (χ1v) is 6.88. The lowest BCUT2D eigenvalue weighted by atomic mass is 10.1. The Morgan fingerprint density at radius 1 is 0.958 bits per heavy atom. The number of alkyl halides is 3. The normalized spacial score (nSPS) is 11.0. The molecule has 4 N–H and O–H groups in total. The van der Waals surface area contributed by atoms with Crippen LogP contribution in [0.5, 0.6) is 0 Å². The molecule has 2 amide bonds. The van der Waals surface area contributed by atoms with Gasteiger partial charge >= 0.3 is 6.18 Å². The molecular weight excluding hydrogens is 323 g/mol. The van der Waals surface area contributed by atoms with Gasteiger partial charge in [-0.25, -0.2) is 0 Å². The van der Waals surface area contributed by atoms with E-state index in [9.17, 15) is 22.8 Å². The summed E-state index contributed by atoms with van der Waals surface area (Å²) in [6.45, 7) is -0.323. The summed E-state index contributed by atoms with van der Waals surface area (Å²) in [4.78, 5) is 23.2. The molecule has 0 aromatic heterocycles. The molecule has 0 heterocycles. The number of carbonyl (C=O) groups is 2. The van der Waals surface area contributed by atoms with Crippen LogP contribution >= 0.6 is 0 Å². The zero-order chi connectivity index (χ0) is 17.7. The first-order chi connectivity index (χ1) is 11.3. The first kappa shape index (κ1) is 17.3. The van der Waals surface area contributed by atoms with Gasteiger partial charge in [-0.3, -0.25) is 9.59 Å². The molecule has 2 aromatic rings. The second-order valence-electron chi connectivity index (χ2n) is 4.85. The molecule has 0 unspecified atom stereocenters. The molecule has 2 aromatic carbocycles. The van der Waals surface area contributed by atoms with Gasteiger partial charge in [0.15, 0.2) is 0 Å². The zero-order valence-electron chi connectivity index (χ0n) is 12.4. The Morgan fingerprint density at radius 3 is 2.17 bits per heavy atom. The van der Waals surface area contributed by atoms with E-state index in [2.05, 4.69) is 10.6 Å². The number of anilines is 2. The van der Waals surface area contributed by atoms with E-state index in [1.54, 1.807) is 12.1 Å². The van der Waals surface area contributed by atoms with E-state index in [4.69, 9.17) is 5.73 Å². The van der Waals surface area contributed by atoms with Crippen LogP contribution in [0.25, 0.3) is 0 Å². The van der Waals surface area contributed by atoms with E-state index in [1.807, 2.05) is 0 Å². The molecule has 0 atom stereocenters. The summed E-state index contributed by atoms with van der Waals surface area (Å²) in [5, 5.41) is 4.88. The summed E-state index contributed by atoms with van der Waals surface area (Å²) < 4.78 is 38.6. The second kappa shape index (κ2) is 7.03. The number of carbonyl (C=O) groups excluding carboxylic acids is 2. The summed E-state index contributed by atoms with van der Waals surface area (Å²) >= 11 is 0. The highest BCUT2D eigenvalue weighted by Gasteiger charge is 2.33. The topological polar surface area (TPSA) is 84.2 Å². The van der Waals surface area contributed by atoms with Crippen molar-refractivity contribution in [3.05, 3.63) is 59.7 Å². The van der Waals surface area contributed by atoms with Gasteiger partial charge in [0.05, 0.1) is 23.4 Å². The molecule has 0 aliphatic carbocycles. The third kappa shape index (κ3) is 4.25. The minimum atomic E-state index is -4.57. The van der Waals surface area contributed by atoms with Crippen LogP contribution < -0.4 is 16.4 Å². The van der Waals surface area contributed by atoms with Crippen LogP contribution in [-0.2, 0) is 11.0 Å². The fourth-order valence-corrected chi connectivity index (χ4v) is 2.06. The van der Waals surface area contributed by atoms with Crippen molar-refractivity contribution in [1.29, 1.82) is 0 Å². The van der Waals surface area contributed by atoms with Crippen LogP contribution in [0.2, 0.25) is 0 Å². The Morgan fingerprint density at radius 2 is 1.54 bits per heavy atom. The molecule has 0 spiro atoms. The Bertz CT molecular complexity index is 760. The lowest BCUT2D eigenvalue weighted by molar-refractivity contribution is -0.137. The predicted octanol–water partition coefficient (Wildman–Crippen LogP) is 2.85. The fourth-order valence-electron chi connectivity index (χ4n) is 2.06. The standard InChI is InChI=1S/C16H14F3N3O2/c17-16(18,19)11-6-2-4-8-13(11)22-14(23)9-21-12-7-3-1-5-10(12)15(20)24/h1-8,21H,9H2,(H2,20,24)(H,22,23). The van der Waals surface area contributed by atoms with Crippen molar-refractivity contribution < 1.29 is 22.8 Å². The molecular formula is C16H14F3N3O2. The summed E-state index contributed by atoms with van der Waals surface area (Å²) in [5.41, 5.74) is 4.44. The van der Waals surface area contributed by atoms with E-state index in [-0.39, 0.29) is 17.8 Å². The minimum absolute atomic E-state index is 0.181. The molecule has 0 aliphatic rings. The van der Waals surface area contributed by atoms with Crippen molar-refractivity contribution in [2.24, 2.45) is 5.73 Å². The number of nitrogens with one attached hydrogen (secondary N) is 2. The van der Waals surface area contributed by atoms with Crippen molar-refractivity contribution in [2.75, 3.05) is 17.2 Å². The summed E-state index contributed by atoms with van der Waals surface area (Å²) in [5.74, 6) is -1.37. The van der Waals surface area contributed by atoms with Crippen LogP contribution in [0, 0.1) is 0 Å². The van der Waals surface area contributed by atoms with Gasteiger partial charge < -0.3 is 16.4 Å². The van der Waals surface area contributed by atoms with Crippen LogP contribution in [0.4, 0.5) is 24.5 Å². The Kier molecular flexibility index (Phi) is 5.08. The number of nitrogens with two attached hydrogens (primary N) is 1. The van der Waals surface area contributed by atoms with Crippen molar-refractivity contribution in [2.45, 2.75) is 6.18 Å². The third-order valence-electron chi connectivity index (χ3n) is 3.14. The number of benzene rings is 2. The van der Waals surface area contributed by atoms with Gasteiger partial charge in [-0.05, 0) is 24.3 Å². The van der Waals surface area contributed by atoms with Crippen LogP contribution in [0.15, 0.2) is 48.5 Å². The van der Waals surface area contributed by atoms with Gasteiger partial charge in [0.25, 0.3) is 5.91 Å². The SMILES string of the molecule is NC(=O)c1ccccc1NCC(=O)Nc1ccccc1C(F)(F)F. The average Bonchev–Trinajstić information content (AvgIpc) is 2.52. The Hall–Kier alpha value is -3.03. The average molecular weight is 337 g/mol. The van der Waals surface area contributed by atoms with E-state index in [0.717, 1.165) is 12.1 Å². The summed E-state index contributed by atoms with van der Waals surface area (Å²) in [6.07, 6.45) is -4.57. The van der Waals surface area contributed by atoms with Crippen molar-refractivity contribution >= 4 is 23.2 Å². The number of rotatable bonds is 5. The highest BCUT2D eigenvalue weighted by molar-refractivity contribution is 6.00. The lowest BCUT2D eigenvalue weighted by Crippen LogP contribution is -2.24. The molecule has 0 bridgehead atoms. The van der Waals surface area contributed by atoms with E-state index in [0.29, 0.717) is 5.69 Å². The second-order valence-corrected chi connectivity index (χ2v) is 4.85. The van der Waals surface area contributed by atoms with Crippen LogP contribution in [0.1, 0.15) is 15.9 Å². The number of amides is 2. The molecule has 0 fully saturated rings. The maximum absolute atomic E-state index is 12.9. The smallest absolute Gasteiger partial charge is 0.376 e. The fraction of sp³-hybridized carbons (Fsp3) is 0.125. The molecule has 24 heavy (non-hydrogen) atoms. The maximum Gasteiger partial charge on any atom is 0.418 e. The zero-order valence-corrected chi connectivity index (χ0v) is 12.4. The Labute approximate surface area is 135 Å². The lowest BCUT2D eigenvalue weighted by Gasteiger charge is -2.14. The van der Waals surface area contributed by atoms with Gasteiger partial charge in [-0.2, -0.15) is 13.2 Å². The van der Waals surface area contributed by atoms with Gasteiger partial charge in [0, 0.05) is 5.69 Å². The third-order valence-corrected chi connectivity index (χ3v) is 3.14. The predicted molar refractivity (Wildman–Crippen MR) is 83.5 cm³/mol. The molecule has 0 saturated carbocycles. The van der Waals surface area contributed by atoms with Crippen LogP contribution in [0.3, 0.4) is 0 Å². The monoisotopic (exact) mass is 337 g/mol. The largest absolute Gasteiger partial charge is 0.418 e. The molecule has 0 saturated heterocycles. The number of para-hydroxylation sites is 2. The highest BCUT2D eigenvalue weighted by Crippen LogP contribution is 2.34.